The number of carbonyl (C=O) groups excluding carboxylic acids is 1. The van der Waals surface area contributed by atoms with E-state index in [1.807, 2.05) is 0 Å². The molecule has 5 heteroatoms. The minimum Gasteiger partial charge on any atom is -0.345 e. The monoisotopic (exact) mass is 192 g/mol. The molecule has 0 aromatic carbocycles. The van der Waals surface area contributed by atoms with Gasteiger partial charge in [-0.15, -0.1) is 0 Å². The Kier molecular flexibility index (Phi) is 3.45. The summed E-state index contributed by atoms with van der Waals surface area (Å²) in [7, 11) is 0. The first-order valence-electron chi connectivity index (χ1n) is 3.04. The number of thiol groups is 2. The molecular weight excluding hydrogens is 184 g/mol. The molecule has 0 saturated heterocycles. The molecule has 1 rings (SSSR count). The predicted octanol–water partition coefficient (Wildman–Crippen LogP) is 0.628. The number of rotatable bonds is 3. The molecule has 0 aromatic heterocycles. The molecule has 0 spiro atoms. The fourth-order valence-corrected chi connectivity index (χ4v) is 1.14. The minimum atomic E-state index is -0.390. The van der Waals surface area contributed by atoms with Crippen LogP contribution >= 0.6 is 25.5 Å². The largest absolute Gasteiger partial charge is 0.345 e. The van der Waals surface area contributed by atoms with Crippen molar-refractivity contribution in [1.82, 2.24) is 0 Å². The Morgan fingerprint density at radius 2 is 2.36 bits per heavy atom. The van der Waals surface area contributed by atoms with E-state index < -0.39 is 5.25 Å². The van der Waals surface area contributed by atoms with Crippen molar-refractivity contribution < 1.29 is 13.7 Å². The lowest BCUT2D eigenvalue weighted by Crippen LogP contribution is -2.24. The molecule has 0 fully saturated rings. The molecule has 0 aliphatic heterocycles. The van der Waals surface area contributed by atoms with Crippen LogP contribution in [0.1, 0.15) is 0 Å². The van der Waals surface area contributed by atoms with Crippen molar-refractivity contribution in [3.05, 3.63) is 12.2 Å². The molecule has 0 radical (unpaired) electrons. The summed E-state index contributed by atoms with van der Waals surface area (Å²) in [4.78, 5) is 10.8. The van der Waals surface area contributed by atoms with Gasteiger partial charge in [0.1, 0.15) is 0 Å². The number of allylic oxidation sites excluding steroid dienone is 1. The highest BCUT2D eigenvalue weighted by molar-refractivity contribution is 7.82. The summed E-state index contributed by atoms with van der Waals surface area (Å²) in [5.41, 5.74) is 0. The van der Waals surface area contributed by atoms with E-state index in [9.17, 15) is 4.79 Å². The average Bonchev–Trinajstić information content (AvgIpc) is 2.31. The molecule has 3 nitrogen and oxygen atoms in total. The number of ether oxygens (including phenoxy) is 1. The fraction of sp³-hybridized carbons (Fsp3) is 0.500. The van der Waals surface area contributed by atoms with Crippen LogP contribution in [0.4, 0.5) is 0 Å². The van der Waals surface area contributed by atoms with Gasteiger partial charge in [0.15, 0.2) is 12.6 Å². The normalized spacial score (nSPS) is 29.8. The molecule has 0 amide bonds. The third kappa shape index (κ3) is 2.23. The van der Waals surface area contributed by atoms with Gasteiger partial charge in [-0.3, -0.25) is 8.98 Å². The smallest absolute Gasteiger partial charge is 0.171 e. The van der Waals surface area contributed by atoms with Gasteiger partial charge >= 0.3 is 0 Å². The summed E-state index contributed by atoms with van der Waals surface area (Å²) >= 11 is 7.52. The Hall–Kier alpha value is 0.0300. The minimum absolute atomic E-state index is 0.0301. The van der Waals surface area contributed by atoms with Gasteiger partial charge < -0.3 is 4.74 Å². The van der Waals surface area contributed by atoms with Crippen LogP contribution in [0.5, 0.6) is 0 Å². The Balaban J connectivity index is 2.36. The molecule has 0 aromatic rings. The standard InChI is InChI=1S/C6H8O3S2/c7-4-1-2-5(6(4)10)8-3-9-11/h1-2,5-6,10-11H,3H2/t5-,6-/m1/s1. The van der Waals surface area contributed by atoms with Crippen molar-refractivity contribution in [2.75, 3.05) is 6.79 Å². The van der Waals surface area contributed by atoms with E-state index in [0.29, 0.717) is 0 Å². The Bertz CT molecular complexity index is 181. The second-order valence-electron chi connectivity index (χ2n) is 2.08. The molecule has 1 aliphatic rings. The average molecular weight is 192 g/mol. The van der Waals surface area contributed by atoms with Crippen LogP contribution in [0.3, 0.4) is 0 Å². The summed E-state index contributed by atoms with van der Waals surface area (Å²) in [5.74, 6) is -0.0301. The number of hydrogen-bond acceptors (Lipinski definition) is 5. The zero-order valence-electron chi connectivity index (χ0n) is 5.64. The lowest BCUT2D eigenvalue weighted by molar-refractivity contribution is -0.115. The highest BCUT2D eigenvalue weighted by Gasteiger charge is 2.27. The molecule has 62 valence electrons. The summed E-state index contributed by atoms with van der Waals surface area (Å²) in [6, 6.07) is 0. The summed E-state index contributed by atoms with van der Waals surface area (Å²) < 4.78 is 9.43. The lowest BCUT2D eigenvalue weighted by Gasteiger charge is -2.12. The maximum atomic E-state index is 10.8. The van der Waals surface area contributed by atoms with E-state index in [1.165, 1.54) is 6.08 Å². The summed E-state index contributed by atoms with van der Waals surface area (Å²) in [6.07, 6.45) is 2.84. The molecule has 0 heterocycles. The van der Waals surface area contributed by atoms with E-state index in [4.69, 9.17) is 4.74 Å². The summed E-state index contributed by atoms with van der Waals surface area (Å²) in [5, 5.41) is -0.390. The van der Waals surface area contributed by atoms with Crippen LogP contribution < -0.4 is 0 Å². The molecule has 2 atom stereocenters. The van der Waals surface area contributed by atoms with Crippen molar-refractivity contribution >= 4 is 31.3 Å². The first-order valence-corrected chi connectivity index (χ1v) is 3.92. The summed E-state index contributed by atoms with van der Waals surface area (Å²) in [6.45, 7) is 0.0580. The van der Waals surface area contributed by atoms with E-state index in [0.717, 1.165) is 0 Å². The van der Waals surface area contributed by atoms with Crippen molar-refractivity contribution in [1.29, 1.82) is 0 Å². The zero-order chi connectivity index (χ0) is 8.27. The maximum Gasteiger partial charge on any atom is 0.171 e. The first kappa shape index (κ1) is 9.12. The highest BCUT2D eigenvalue weighted by Crippen LogP contribution is 2.16. The molecule has 0 saturated carbocycles. The highest BCUT2D eigenvalue weighted by atomic mass is 32.1. The van der Waals surface area contributed by atoms with Gasteiger partial charge in [0.05, 0.1) is 11.4 Å². The molecule has 11 heavy (non-hydrogen) atoms. The van der Waals surface area contributed by atoms with E-state index >= 15 is 0 Å². The van der Waals surface area contributed by atoms with Gasteiger partial charge in [0, 0.05) is 0 Å². The predicted molar refractivity (Wildman–Crippen MR) is 46.7 cm³/mol. The first-order chi connectivity index (χ1) is 5.25. The third-order valence-electron chi connectivity index (χ3n) is 1.37. The zero-order valence-corrected chi connectivity index (χ0v) is 7.42. The number of ketones is 1. The van der Waals surface area contributed by atoms with Gasteiger partial charge in [-0.1, -0.05) is 6.08 Å². The van der Waals surface area contributed by atoms with Gasteiger partial charge in [0.25, 0.3) is 0 Å². The molecule has 1 aliphatic carbocycles. The topological polar surface area (TPSA) is 35.5 Å². The van der Waals surface area contributed by atoms with E-state index in [-0.39, 0.29) is 18.7 Å². The van der Waals surface area contributed by atoms with Crippen molar-refractivity contribution in [2.45, 2.75) is 11.4 Å². The van der Waals surface area contributed by atoms with E-state index in [2.05, 4.69) is 29.7 Å². The molecule has 0 N–H and O–H groups in total. The Labute approximate surface area is 75.8 Å². The van der Waals surface area contributed by atoms with Gasteiger partial charge in [-0.05, 0) is 19.0 Å². The van der Waals surface area contributed by atoms with Crippen molar-refractivity contribution in [2.24, 2.45) is 0 Å². The number of hydrogen-bond donors (Lipinski definition) is 2. The van der Waals surface area contributed by atoms with E-state index in [1.54, 1.807) is 6.08 Å². The van der Waals surface area contributed by atoms with Crippen LogP contribution in [0.2, 0.25) is 0 Å². The van der Waals surface area contributed by atoms with Gasteiger partial charge in [-0.25, -0.2) is 0 Å². The van der Waals surface area contributed by atoms with Crippen molar-refractivity contribution in [3.63, 3.8) is 0 Å². The van der Waals surface area contributed by atoms with Gasteiger partial charge in [0.2, 0.25) is 0 Å². The molecular formula is C6H8O3S2. The Morgan fingerprint density at radius 3 is 2.82 bits per heavy atom. The number of carbonyl (C=O) groups is 1. The lowest BCUT2D eigenvalue weighted by atomic mass is 10.3. The van der Waals surface area contributed by atoms with Crippen LogP contribution in [-0.4, -0.2) is 23.9 Å². The maximum absolute atomic E-state index is 10.8. The third-order valence-corrected chi connectivity index (χ3v) is 2.02. The second-order valence-corrected chi connectivity index (χ2v) is 2.90. The van der Waals surface area contributed by atoms with Crippen LogP contribution in [0.25, 0.3) is 0 Å². The molecule has 0 bridgehead atoms. The fourth-order valence-electron chi connectivity index (χ4n) is 0.811. The van der Waals surface area contributed by atoms with Gasteiger partial charge in [-0.2, -0.15) is 12.6 Å². The Morgan fingerprint density at radius 1 is 1.64 bits per heavy atom. The molecule has 0 unspecified atom stereocenters. The van der Waals surface area contributed by atoms with Crippen LogP contribution in [-0.2, 0) is 13.7 Å². The van der Waals surface area contributed by atoms with Crippen LogP contribution in [0.15, 0.2) is 12.2 Å². The SMILES string of the molecule is O=C1C=C[C@@H](OCOS)[C@@H]1S. The second kappa shape index (κ2) is 4.15. The van der Waals surface area contributed by atoms with Crippen molar-refractivity contribution in [3.8, 4) is 0 Å². The quantitative estimate of drug-likeness (QED) is 0.391. The van der Waals surface area contributed by atoms with Crippen LogP contribution in [0, 0.1) is 0 Å².